The number of carboxylic acid groups (broad SMARTS) is 1. The van der Waals surface area contributed by atoms with Gasteiger partial charge in [-0.25, -0.2) is 13.1 Å². The van der Waals surface area contributed by atoms with E-state index in [1.165, 1.54) is 18.2 Å². The minimum atomic E-state index is -4.44. The molecule has 5 nitrogen and oxygen atoms in total. The van der Waals surface area contributed by atoms with E-state index in [2.05, 4.69) is 10.8 Å². The van der Waals surface area contributed by atoms with Crippen molar-refractivity contribution in [3.63, 3.8) is 0 Å². The van der Waals surface area contributed by atoms with Gasteiger partial charge in [0.15, 0.2) is 0 Å². The second-order valence-electron chi connectivity index (χ2n) is 8.22. The molecule has 4 unspecified atom stereocenters. The lowest BCUT2D eigenvalue weighted by atomic mass is 9.86. The number of alkyl halides is 3. The molecule has 1 fully saturated rings. The van der Waals surface area contributed by atoms with Gasteiger partial charge in [0.2, 0.25) is 10.0 Å². The topological polar surface area (TPSA) is 83.5 Å². The first kappa shape index (κ1) is 24.3. The monoisotopic (exact) mass is 469 g/mol. The molecule has 0 aliphatic heterocycles. The van der Waals surface area contributed by atoms with Crippen LogP contribution in [0, 0.1) is 17.8 Å². The fraction of sp³-hybridized carbons (Fsp3) is 0.435. The number of rotatable bonds is 10. The Hall–Kier alpha value is -2.39. The molecular formula is C23H26F3NO4S. The lowest BCUT2D eigenvalue weighted by molar-refractivity contribution is -0.138. The number of nitrogens with one attached hydrogen (secondary N) is 1. The van der Waals surface area contributed by atoms with Crippen molar-refractivity contribution in [2.45, 2.75) is 44.3 Å². The Morgan fingerprint density at radius 1 is 1.12 bits per heavy atom. The Morgan fingerprint density at radius 2 is 1.81 bits per heavy atom. The van der Waals surface area contributed by atoms with E-state index in [1.807, 2.05) is 18.2 Å². The highest BCUT2D eigenvalue weighted by Gasteiger charge is 2.45. The normalized spacial score (nSPS) is 25.3. The summed E-state index contributed by atoms with van der Waals surface area (Å²) in [5.41, 5.74) is -0.430. The molecule has 32 heavy (non-hydrogen) atoms. The van der Waals surface area contributed by atoms with Gasteiger partial charge < -0.3 is 5.11 Å². The fourth-order valence-corrected chi connectivity index (χ4v) is 5.49. The van der Waals surface area contributed by atoms with Crippen molar-refractivity contribution in [2.24, 2.45) is 17.8 Å². The first-order valence-corrected chi connectivity index (χ1v) is 12.0. The maximum Gasteiger partial charge on any atom is 0.416 e. The second kappa shape index (κ2) is 10.0. The van der Waals surface area contributed by atoms with E-state index >= 15 is 0 Å². The lowest BCUT2D eigenvalue weighted by Crippen LogP contribution is -2.41. The van der Waals surface area contributed by atoms with E-state index in [9.17, 15) is 26.4 Å². The van der Waals surface area contributed by atoms with Crippen LogP contribution in [0.15, 0.2) is 54.0 Å². The molecule has 4 atom stereocenters. The maximum absolute atomic E-state index is 12.7. The molecular weight excluding hydrogens is 443 g/mol. The van der Waals surface area contributed by atoms with Crippen LogP contribution in [0.2, 0.25) is 0 Å². The summed E-state index contributed by atoms with van der Waals surface area (Å²) >= 11 is 0. The standard InChI is InChI=1S/C23H26F3NO4S/c24-23(25,26)19-11-7-16(8-12-19)13-14-32(30,31)27-22-18-10-9-17(15-18)20(22)5-3-1-2-4-6-21(28)29/h1,3,7-14,17-18,20,22,27H,2,4-6,15H2,(H,28,29). The molecule has 0 radical (unpaired) electrons. The molecule has 2 aliphatic carbocycles. The molecule has 2 aliphatic rings. The number of halogens is 3. The Morgan fingerprint density at radius 3 is 2.47 bits per heavy atom. The van der Waals surface area contributed by atoms with E-state index in [-0.39, 0.29) is 30.2 Å². The van der Waals surface area contributed by atoms with Gasteiger partial charge in [0.25, 0.3) is 0 Å². The number of hydrogen-bond acceptors (Lipinski definition) is 3. The summed E-state index contributed by atoms with van der Waals surface area (Å²) in [5, 5.41) is 9.66. The smallest absolute Gasteiger partial charge is 0.416 e. The van der Waals surface area contributed by atoms with Crippen LogP contribution in [0.25, 0.3) is 6.08 Å². The van der Waals surface area contributed by atoms with E-state index in [0.717, 1.165) is 24.0 Å². The molecule has 0 amide bonds. The zero-order chi connectivity index (χ0) is 23.4. The van der Waals surface area contributed by atoms with Crippen LogP contribution in [-0.4, -0.2) is 25.5 Å². The summed E-state index contributed by atoms with van der Waals surface area (Å²) < 4.78 is 65.9. The molecule has 0 aromatic heterocycles. The van der Waals surface area contributed by atoms with Crippen molar-refractivity contribution in [1.82, 2.24) is 4.72 Å². The summed E-state index contributed by atoms with van der Waals surface area (Å²) in [5.74, 6) is -0.319. The summed E-state index contributed by atoms with van der Waals surface area (Å²) in [7, 11) is -3.78. The highest BCUT2D eigenvalue weighted by atomic mass is 32.2. The molecule has 0 heterocycles. The molecule has 3 rings (SSSR count). The third kappa shape index (κ3) is 6.56. The Bertz CT molecular complexity index is 997. The fourth-order valence-electron chi connectivity index (χ4n) is 4.34. The Kier molecular flexibility index (Phi) is 7.61. The Balaban J connectivity index is 1.59. The van der Waals surface area contributed by atoms with Gasteiger partial charge in [0.1, 0.15) is 0 Å². The summed E-state index contributed by atoms with van der Waals surface area (Å²) in [4.78, 5) is 10.6. The van der Waals surface area contributed by atoms with Crippen LogP contribution in [-0.2, 0) is 21.0 Å². The van der Waals surface area contributed by atoms with Crippen LogP contribution >= 0.6 is 0 Å². The summed E-state index contributed by atoms with van der Waals surface area (Å²) in [6.45, 7) is 0. The third-order valence-corrected chi connectivity index (χ3v) is 7.03. The summed E-state index contributed by atoms with van der Waals surface area (Å²) in [6, 6.07) is 4.04. The molecule has 0 spiro atoms. The maximum atomic E-state index is 12.7. The number of unbranched alkanes of at least 4 members (excludes halogenated alkanes) is 1. The van der Waals surface area contributed by atoms with Gasteiger partial charge in [-0.05, 0) is 67.2 Å². The van der Waals surface area contributed by atoms with Crippen molar-refractivity contribution in [1.29, 1.82) is 0 Å². The molecule has 1 aromatic rings. The van der Waals surface area contributed by atoms with Crippen molar-refractivity contribution in [3.05, 3.63) is 65.1 Å². The number of sulfonamides is 1. The van der Waals surface area contributed by atoms with Crippen LogP contribution < -0.4 is 4.72 Å². The van der Waals surface area contributed by atoms with Crippen LogP contribution in [0.5, 0.6) is 0 Å². The van der Waals surface area contributed by atoms with Crippen molar-refractivity contribution >= 4 is 22.1 Å². The Labute approximate surface area is 185 Å². The first-order chi connectivity index (χ1) is 15.0. The lowest BCUT2D eigenvalue weighted by Gasteiger charge is -2.27. The largest absolute Gasteiger partial charge is 0.481 e. The van der Waals surface area contributed by atoms with Crippen molar-refractivity contribution in [2.75, 3.05) is 0 Å². The van der Waals surface area contributed by atoms with E-state index in [4.69, 9.17) is 5.11 Å². The molecule has 2 N–H and O–H groups in total. The highest BCUT2D eigenvalue weighted by molar-refractivity contribution is 7.92. The van der Waals surface area contributed by atoms with E-state index in [0.29, 0.717) is 24.8 Å². The molecule has 2 bridgehead atoms. The SMILES string of the molecule is O=C(O)CCCC=CCC1C2C=CC(C2)C1NS(=O)(=O)C=Cc1ccc(C(F)(F)F)cc1. The number of carbonyl (C=O) groups is 1. The van der Waals surface area contributed by atoms with Gasteiger partial charge in [-0.2, -0.15) is 13.2 Å². The number of fused-ring (bicyclic) bond motifs is 2. The quantitative estimate of drug-likeness (QED) is 0.374. The van der Waals surface area contributed by atoms with Gasteiger partial charge in [-0.3, -0.25) is 4.79 Å². The van der Waals surface area contributed by atoms with Gasteiger partial charge in [-0.1, -0.05) is 36.4 Å². The molecule has 9 heteroatoms. The van der Waals surface area contributed by atoms with Crippen molar-refractivity contribution < 1.29 is 31.5 Å². The first-order valence-electron chi connectivity index (χ1n) is 10.5. The van der Waals surface area contributed by atoms with Crippen LogP contribution in [0.3, 0.4) is 0 Å². The van der Waals surface area contributed by atoms with Gasteiger partial charge in [0, 0.05) is 17.9 Å². The van der Waals surface area contributed by atoms with Gasteiger partial charge in [-0.15, -0.1) is 0 Å². The average molecular weight is 470 g/mol. The van der Waals surface area contributed by atoms with Crippen LogP contribution in [0.4, 0.5) is 13.2 Å². The second-order valence-corrected chi connectivity index (χ2v) is 9.81. The van der Waals surface area contributed by atoms with Crippen molar-refractivity contribution in [3.8, 4) is 0 Å². The van der Waals surface area contributed by atoms with Gasteiger partial charge in [0.05, 0.1) is 5.56 Å². The highest BCUT2D eigenvalue weighted by Crippen LogP contribution is 2.45. The number of allylic oxidation sites excluding steroid dienone is 3. The number of carboxylic acids is 1. The van der Waals surface area contributed by atoms with Gasteiger partial charge >= 0.3 is 12.1 Å². The van der Waals surface area contributed by atoms with E-state index in [1.54, 1.807) is 0 Å². The molecule has 1 saturated carbocycles. The number of benzene rings is 1. The zero-order valence-electron chi connectivity index (χ0n) is 17.3. The molecule has 174 valence electrons. The molecule has 1 aromatic carbocycles. The third-order valence-electron chi connectivity index (χ3n) is 5.94. The average Bonchev–Trinajstić information content (AvgIpc) is 3.31. The number of hydrogen-bond donors (Lipinski definition) is 2. The predicted molar refractivity (Wildman–Crippen MR) is 116 cm³/mol. The van der Waals surface area contributed by atoms with Crippen LogP contribution in [0.1, 0.15) is 43.2 Å². The predicted octanol–water partition coefficient (Wildman–Crippen LogP) is 4.99. The minimum Gasteiger partial charge on any atom is -0.481 e. The number of aliphatic carboxylic acids is 1. The minimum absolute atomic E-state index is 0.106. The molecule has 0 saturated heterocycles. The zero-order valence-corrected chi connectivity index (χ0v) is 18.1. The van der Waals surface area contributed by atoms with E-state index < -0.39 is 27.7 Å². The summed E-state index contributed by atoms with van der Waals surface area (Å²) in [6.07, 6.45) is 7.84.